The molecule has 1 unspecified atom stereocenters. The number of benzene rings is 2. The van der Waals surface area contributed by atoms with Gasteiger partial charge in [-0.3, -0.25) is 0 Å². The number of hydrogen-bond donors (Lipinski definition) is 1. The summed E-state index contributed by atoms with van der Waals surface area (Å²) in [5.41, 5.74) is 4.06. The summed E-state index contributed by atoms with van der Waals surface area (Å²) in [6, 6.07) is 17.9. The fourth-order valence-corrected chi connectivity index (χ4v) is 2.99. The third kappa shape index (κ3) is 4.69. The molecule has 0 amide bonds. The Hall–Kier alpha value is -1.12. The van der Waals surface area contributed by atoms with Crippen LogP contribution in [0.4, 0.5) is 0 Å². The molecule has 0 aliphatic rings. The first-order valence-corrected chi connectivity index (χ1v) is 8.61. The Morgan fingerprint density at radius 1 is 0.952 bits per heavy atom. The summed E-state index contributed by atoms with van der Waals surface area (Å²) in [4.78, 5) is 0. The molecular formula is C19H24BrN. The lowest BCUT2D eigenvalue weighted by molar-refractivity contribution is 0.598. The van der Waals surface area contributed by atoms with Crippen molar-refractivity contribution in [2.45, 2.75) is 39.2 Å². The molecule has 2 rings (SSSR count). The topological polar surface area (TPSA) is 12.0 Å². The number of halogens is 1. The maximum atomic E-state index is 3.66. The number of rotatable bonds is 7. The summed E-state index contributed by atoms with van der Waals surface area (Å²) in [6.07, 6.45) is 3.49. The highest BCUT2D eigenvalue weighted by atomic mass is 79.9. The van der Waals surface area contributed by atoms with Crippen molar-refractivity contribution in [1.29, 1.82) is 0 Å². The molecule has 0 heterocycles. The van der Waals surface area contributed by atoms with Gasteiger partial charge in [0.05, 0.1) is 6.04 Å². The lowest BCUT2D eigenvalue weighted by atomic mass is 9.97. The molecule has 0 saturated heterocycles. The van der Waals surface area contributed by atoms with E-state index in [9.17, 15) is 0 Å². The predicted molar refractivity (Wildman–Crippen MR) is 94.7 cm³/mol. The van der Waals surface area contributed by atoms with Crippen LogP contribution < -0.4 is 5.32 Å². The minimum atomic E-state index is 0.262. The number of hydrogen-bond acceptors (Lipinski definition) is 1. The molecule has 0 radical (unpaired) electrons. The molecule has 112 valence electrons. The summed E-state index contributed by atoms with van der Waals surface area (Å²) in [5, 5.41) is 3.66. The molecular weight excluding hydrogens is 322 g/mol. The lowest BCUT2D eigenvalue weighted by Crippen LogP contribution is -2.23. The Morgan fingerprint density at radius 2 is 1.71 bits per heavy atom. The molecule has 1 nitrogen and oxygen atoms in total. The Balaban J connectivity index is 2.26. The Morgan fingerprint density at radius 3 is 2.33 bits per heavy atom. The first-order chi connectivity index (χ1) is 10.2. The maximum absolute atomic E-state index is 3.66. The Kier molecular flexibility index (Phi) is 6.47. The lowest BCUT2D eigenvalue weighted by Gasteiger charge is -2.20. The monoisotopic (exact) mass is 345 g/mol. The maximum Gasteiger partial charge on any atom is 0.0577 e. The molecule has 1 N–H and O–H groups in total. The van der Waals surface area contributed by atoms with E-state index in [4.69, 9.17) is 0 Å². The summed E-state index contributed by atoms with van der Waals surface area (Å²) in [5.74, 6) is 0. The average molecular weight is 346 g/mol. The van der Waals surface area contributed by atoms with Gasteiger partial charge in [-0.1, -0.05) is 72.6 Å². The second-order valence-electron chi connectivity index (χ2n) is 5.43. The predicted octanol–water partition coefficient (Wildman–Crippen LogP) is 5.49. The molecule has 2 heteroatoms. The van der Waals surface area contributed by atoms with E-state index >= 15 is 0 Å². The second-order valence-corrected chi connectivity index (χ2v) is 6.35. The first kappa shape index (κ1) is 16.3. The van der Waals surface area contributed by atoms with Crippen LogP contribution in [0.2, 0.25) is 0 Å². The van der Waals surface area contributed by atoms with E-state index in [1.807, 2.05) is 0 Å². The van der Waals surface area contributed by atoms with Gasteiger partial charge < -0.3 is 5.32 Å². The van der Waals surface area contributed by atoms with Crippen molar-refractivity contribution in [2.75, 3.05) is 6.54 Å². The van der Waals surface area contributed by atoms with E-state index in [-0.39, 0.29) is 6.04 Å². The van der Waals surface area contributed by atoms with Gasteiger partial charge in [-0.2, -0.15) is 0 Å². The van der Waals surface area contributed by atoms with Crippen LogP contribution >= 0.6 is 15.9 Å². The zero-order chi connectivity index (χ0) is 15.1. The molecule has 0 aromatic heterocycles. The quantitative estimate of drug-likeness (QED) is 0.699. The van der Waals surface area contributed by atoms with Crippen molar-refractivity contribution in [1.82, 2.24) is 5.32 Å². The molecule has 2 aromatic carbocycles. The molecule has 2 aromatic rings. The standard InChI is InChI=1S/C19H24BrN/c1-3-6-15-9-11-16(12-10-15)19(21-13-4-2)17-7-5-8-18(20)14-17/h5,7-12,14,19,21H,3-4,6,13H2,1-2H3. The van der Waals surface area contributed by atoms with Gasteiger partial charge in [0, 0.05) is 4.47 Å². The first-order valence-electron chi connectivity index (χ1n) is 7.82. The van der Waals surface area contributed by atoms with Crippen molar-refractivity contribution in [3.05, 3.63) is 69.7 Å². The molecule has 0 aliphatic heterocycles. The summed E-state index contributed by atoms with van der Waals surface area (Å²) < 4.78 is 1.13. The fourth-order valence-electron chi connectivity index (χ4n) is 2.57. The van der Waals surface area contributed by atoms with Crippen LogP contribution in [0.1, 0.15) is 49.4 Å². The van der Waals surface area contributed by atoms with Crippen LogP contribution in [0.25, 0.3) is 0 Å². The van der Waals surface area contributed by atoms with E-state index in [2.05, 4.69) is 83.6 Å². The van der Waals surface area contributed by atoms with E-state index < -0.39 is 0 Å². The van der Waals surface area contributed by atoms with E-state index in [0.717, 1.165) is 23.9 Å². The summed E-state index contributed by atoms with van der Waals surface area (Å²) >= 11 is 3.58. The van der Waals surface area contributed by atoms with Gasteiger partial charge in [-0.25, -0.2) is 0 Å². The third-order valence-corrected chi connectivity index (χ3v) is 4.13. The molecule has 1 atom stereocenters. The van der Waals surface area contributed by atoms with Crippen molar-refractivity contribution in [2.24, 2.45) is 0 Å². The van der Waals surface area contributed by atoms with Crippen molar-refractivity contribution in [3.8, 4) is 0 Å². The average Bonchev–Trinajstić information content (AvgIpc) is 2.50. The Labute approximate surface area is 136 Å². The van der Waals surface area contributed by atoms with Crippen molar-refractivity contribution in [3.63, 3.8) is 0 Å². The van der Waals surface area contributed by atoms with Crippen LogP contribution in [0.5, 0.6) is 0 Å². The SMILES string of the molecule is CCCNC(c1ccc(CCC)cc1)c1cccc(Br)c1. The molecule has 21 heavy (non-hydrogen) atoms. The van der Waals surface area contributed by atoms with Gasteiger partial charge in [0.25, 0.3) is 0 Å². The molecule has 0 fully saturated rings. The van der Waals surface area contributed by atoms with Crippen molar-refractivity contribution < 1.29 is 0 Å². The van der Waals surface area contributed by atoms with E-state index in [1.54, 1.807) is 0 Å². The second kappa shape index (κ2) is 8.35. The minimum Gasteiger partial charge on any atom is -0.306 e. The van der Waals surface area contributed by atoms with Crippen LogP contribution in [-0.2, 0) is 6.42 Å². The molecule has 0 saturated carbocycles. The zero-order valence-electron chi connectivity index (χ0n) is 12.9. The fraction of sp³-hybridized carbons (Fsp3) is 0.368. The normalized spacial score (nSPS) is 12.3. The zero-order valence-corrected chi connectivity index (χ0v) is 14.5. The van der Waals surface area contributed by atoms with Crippen LogP contribution in [0.15, 0.2) is 53.0 Å². The molecule has 0 spiro atoms. The number of nitrogens with one attached hydrogen (secondary N) is 1. The van der Waals surface area contributed by atoms with Crippen LogP contribution in [0.3, 0.4) is 0 Å². The van der Waals surface area contributed by atoms with Gasteiger partial charge in [0.1, 0.15) is 0 Å². The highest BCUT2D eigenvalue weighted by Gasteiger charge is 2.13. The van der Waals surface area contributed by atoms with E-state index in [0.29, 0.717) is 0 Å². The smallest absolute Gasteiger partial charge is 0.0577 e. The van der Waals surface area contributed by atoms with Gasteiger partial charge in [0.15, 0.2) is 0 Å². The largest absolute Gasteiger partial charge is 0.306 e. The van der Waals surface area contributed by atoms with E-state index in [1.165, 1.54) is 23.1 Å². The van der Waals surface area contributed by atoms with Gasteiger partial charge in [0.2, 0.25) is 0 Å². The van der Waals surface area contributed by atoms with Crippen molar-refractivity contribution >= 4 is 15.9 Å². The third-order valence-electron chi connectivity index (χ3n) is 3.63. The summed E-state index contributed by atoms with van der Waals surface area (Å²) in [7, 11) is 0. The van der Waals surface area contributed by atoms with Gasteiger partial charge in [-0.15, -0.1) is 0 Å². The molecule has 0 bridgehead atoms. The minimum absolute atomic E-state index is 0.262. The highest BCUT2D eigenvalue weighted by Crippen LogP contribution is 2.25. The Bertz CT molecular complexity index is 548. The number of aryl methyl sites for hydroxylation is 1. The molecule has 0 aliphatic carbocycles. The summed E-state index contributed by atoms with van der Waals surface area (Å²) in [6.45, 7) is 5.45. The van der Waals surface area contributed by atoms with Gasteiger partial charge >= 0.3 is 0 Å². The van der Waals surface area contributed by atoms with Crippen LogP contribution in [0, 0.1) is 0 Å². The van der Waals surface area contributed by atoms with Crippen LogP contribution in [-0.4, -0.2) is 6.54 Å². The van der Waals surface area contributed by atoms with Gasteiger partial charge in [-0.05, 0) is 48.2 Å². The highest BCUT2D eigenvalue weighted by molar-refractivity contribution is 9.10.